The number of nitrogens with zero attached hydrogens (tertiary/aromatic N) is 4. The molecule has 0 amide bonds. The van der Waals surface area contributed by atoms with Crippen LogP contribution in [0.2, 0.25) is 5.02 Å². The van der Waals surface area contributed by atoms with Gasteiger partial charge in [-0.25, -0.2) is 14.8 Å². The van der Waals surface area contributed by atoms with Gasteiger partial charge in [-0.15, -0.1) is 0 Å². The SMILES string of the molecule is N#Cc1cc(C(F)(F)F)cc2ncn(CCOc3ccc(Cl)cc3-c3ccnc(C(=O)O)c3)c(=O)c12. The van der Waals surface area contributed by atoms with Crippen LogP contribution >= 0.6 is 11.6 Å². The van der Waals surface area contributed by atoms with E-state index in [0.29, 0.717) is 28.0 Å². The first kappa shape index (κ1) is 24.7. The van der Waals surface area contributed by atoms with Gasteiger partial charge in [0.2, 0.25) is 0 Å². The van der Waals surface area contributed by atoms with Crippen LogP contribution in [0, 0.1) is 11.3 Å². The zero-order valence-corrected chi connectivity index (χ0v) is 18.8. The van der Waals surface area contributed by atoms with E-state index < -0.39 is 28.8 Å². The molecule has 0 saturated carbocycles. The number of carbonyl (C=O) groups is 1. The molecule has 0 radical (unpaired) electrons. The lowest BCUT2D eigenvalue weighted by atomic mass is 10.0. The highest BCUT2D eigenvalue weighted by Gasteiger charge is 2.32. The number of pyridine rings is 1. The van der Waals surface area contributed by atoms with Gasteiger partial charge in [-0.3, -0.25) is 9.36 Å². The smallest absolute Gasteiger partial charge is 0.416 e. The molecule has 0 unspecified atom stereocenters. The number of aromatic carboxylic acids is 1. The van der Waals surface area contributed by atoms with E-state index in [0.717, 1.165) is 17.0 Å². The van der Waals surface area contributed by atoms with E-state index in [9.17, 15) is 33.1 Å². The van der Waals surface area contributed by atoms with Gasteiger partial charge in [0, 0.05) is 16.8 Å². The molecular weight excluding hydrogens is 501 g/mol. The maximum atomic E-state index is 13.1. The molecule has 4 aromatic rings. The van der Waals surface area contributed by atoms with Crippen LogP contribution in [0.5, 0.6) is 5.75 Å². The fraction of sp³-hybridized carbons (Fsp3) is 0.125. The molecule has 2 heterocycles. The molecule has 182 valence electrons. The molecule has 0 aliphatic heterocycles. The average molecular weight is 515 g/mol. The monoisotopic (exact) mass is 514 g/mol. The number of halogens is 4. The second-order valence-corrected chi connectivity index (χ2v) is 7.93. The summed E-state index contributed by atoms with van der Waals surface area (Å²) in [5.41, 5.74) is -1.63. The van der Waals surface area contributed by atoms with Crippen molar-refractivity contribution < 1.29 is 27.8 Å². The van der Waals surface area contributed by atoms with Crippen LogP contribution in [-0.4, -0.2) is 32.2 Å². The molecular formula is C24H14ClF3N4O4. The van der Waals surface area contributed by atoms with Crippen molar-refractivity contribution in [1.82, 2.24) is 14.5 Å². The van der Waals surface area contributed by atoms with Crippen LogP contribution in [0.4, 0.5) is 13.2 Å². The summed E-state index contributed by atoms with van der Waals surface area (Å²) in [5, 5.41) is 18.7. The van der Waals surface area contributed by atoms with Gasteiger partial charge in [0.1, 0.15) is 24.1 Å². The highest BCUT2D eigenvalue weighted by Crippen LogP contribution is 2.33. The van der Waals surface area contributed by atoms with Crippen LogP contribution in [0.1, 0.15) is 21.6 Å². The summed E-state index contributed by atoms with van der Waals surface area (Å²) in [7, 11) is 0. The van der Waals surface area contributed by atoms with E-state index in [1.165, 1.54) is 12.3 Å². The minimum atomic E-state index is -4.69. The summed E-state index contributed by atoms with van der Waals surface area (Å²) in [4.78, 5) is 31.9. The Labute approximate surface area is 205 Å². The molecule has 1 N–H and O–H groups in total. The summed E-state index contributed by atoms with van der Waals surface area (Å²) in [6, 6.07) is 10.6. The molecule has 0 spiro atoms. The number of hydrogen-bond donors (Lipinski definition) is 1. The summed E-state index contributed by atoms with van der Waals surface area (Å²) < 4.78 is 46.2. The molecule has 0 saturated heterocycles. The third-order valence-electron chi connectivity index (χ3n) is 5.20. The van der Waals surface area contributed by atoms with Gasteiger partial charge in [-0.1, -0.05) is 11.6 Å². The number of alkyl halides is 3. The van der Waals surface area contributed by atoms with Crippen molar-refractivity contribution in [1.29, 1.82) is 5.26 Å². The van der Waals surface area contributed by atoms with Gasteiger partial charge in [-0.05, 0) is 48.0 Å². The maximum absolute atomic E-state index is 13.1. The molecule has 2 aromatic heterocycles. The van der Waals surface area contributed by atoms with Gasteiger partial charge in [-0.2, -0.15) is 18.4 Å². The third-order valence-corrected chi connectivity index (χ3v) is 5.43. The highest BCUT2D eigenvalue weighted by atomic mass is 35.5. The summed E-state index contributed by atoms with van der Waals surface area (Å²) in [6.07, 6.45) is -2.28. The van der Waals surface area contributed by atoms with Crippen molar-refractivity contribution in [3.05, 3.63) is 87.2 Å². The molecule has 12 heteroatoms. The molecule has 0 aliphatic rings. The molecule has 0 fully saturated rings. The largest absolute Gasteiger partial charge is 0.491 e. The molecule has 8 nitrogen and oxygen atoms in total. The zero-order chi connectivity index (χ0) is 26.0. The minimum Gasteiger partial charge on any atom is -0.491 e. The number of fused-ring (bicyclic) bond motifs is 1. The Morgan fingerprint density at radius 1 is 1.17 bits per heavy atom. The van der Waals surface area contributed by atoms with Gasteiger partial charge in [0.15, 0.2) is 0 Å². The van der Waals surface area contributed by atoms with Crippen LogP contribution in [-0.2, 0) is 12.7 Å². The lowest BCUT2D eigenvalue weighted by Gasteiger charge is -2.14. The van der Waals surface area contributed by atoms with Crippen molar-refractivity contribution in [3.63, 3.8) is 0 Å². The molecule has 2 aromatic carbocycles. The Kier molecular flexibility index (Phi) is 6.63. The standard InChI is InChI=1S/C24H14ClF3N4O4/c25-16-1-2-20(17(10-16)13-3-4-30-19(8-13)23(34)35)36-6-5-32-12-31-18-9-15(24(26,27)28)7-14(11-29)21(18)22(32)33/h1-4,7-10,12H,5-6H2,(H,34,35). The van der Waals surface area contributed by atoms with Crippen molar-refractivity contribution in [3.8, 4) is 22.9 Å². The maximum Gasteiger partial charge on any atom is 0.416 e. The van der Waals surface area contributed by atoms with E-state index in [1.807, 2.05) is 0 Å². The summed E-state index contributed by atoms with van der Waals surface area (Å²) >= 11 is 6.11. The molecule has 0 atom stereocenters. The Balaban J connectivity index is 1.62. The van der Waals surface area contributed by atoms with Crippen LogP contribution in [0.25, 0.3) is 22.0 Å². The number of carboxylic acid groups (broad SMARTS) is 1. The van der Waals surface area contributed by atoms with Crippen molar-refractivity contribution in [2.24, 2.45) is 0 Å². The zero-order valence-electron chi connectivity index (χ0n) is 18.1. The Bertz CT molecular complexity index is 1600. The van der Waals surface area contributed by atoms with Crippen LogP contribution in [0.15, 0.2) is 59.8 Å². The second kappa shape index (κ2) is 9.67. The van der Waals surface area contributed by atoms with E-state index in [-0.39, 0.29) is 29.7 Å². The Morgan fingerprint density at radius 2 is 1.94 bits per heavy atom. The van der Waals surface area contributed by atoms with Gasteiger partial charge in [0.05, 0.1) is 34.9 Å². The first-order valence-electron chi connectivity index (χ1n) is 10.2. The van der Waals surface area contributed by atoms with Gasteiger partial charge in [0.25, 0.3) is 5.56 Å². The fourth-order valence-electron chi connectivity index (χ4n) is 3.52. The van der Waals surface area contributed by atoms with E-state index in [1.54, 1.807) is 30.3 Å². The molecule has 0 aliphatic carbocycles. The minimum absolute atomic E-state index is 0.0353. The molecule has 0 bridgehead atoms. The first-order chi connectivity index (χ1) is 17.1. The van der Waals surface area contributed by atoms with E-state index in [4.69, 9.17) is 16.3 Å². The number of hydrogen-bond acceptors (Lipinski definition) is 6. The topological polar surface area (TPSA) is 118 Å². The fourth-order valence-corrected chi connectivity index (χ4v) is 3.69. The van der Waals surface area contributed by atoms with E-state index >= 15 is 0 Å². The average Bonchev–Trinajstić information content (AvgIpc) is 2.85. The van der Waals surface area contributed by atoms with Gasteiger partial charge < -0.3 is 9.84 Å². The number of rotatable bonds is 6. The quantitative estimate of drug-likeness (QED) is 0.393. The van der Waals surface area contributed by atoms with Crippen molar-refractivity contribution in [2.45, 2.75) is 12.7 Å². The molecule has 4 rings (SSSR count). The molecule has 36 heavy (non-hydrogen) atoms. The van der Waals surface area contributed by atoms with Crippen molar-refractivity contribution in [2.75, 3.05) is 6.61 Å². The lowest BCUT2D eigenvalue weighted by molar-refractivity contribution is -0.137. The van der Waals surface area contributed by atoms with Crippen molar-refractivity contribution >= 4 is 28.5 Å². The predicted molar refractivity (Wildman–Crippen MR) is 123 cm³/mol. The first-order valence-corrected chi connectivity index (χ1v) is 10.6. The summed E-state index contributed by atoms with van der Waals surface area (Å²) in [6.45, 7) is -0.0897. The summed E-state index contributed by atoms with van der Waals surface area (Å²) in [5.74, 6) is -0.861. The predicted octanol–water partition coefficient (Wildman–Crippen LogP) is 4.78. The highest BCUT2D eigenvalue weighted by molar-refractivity contribution is 6.31. The van der Waals surface area contributed by atoms with Crippen LogP contribution < -0.4 is 10.3 Å². The third kappa shape index (κ3) is 4.99. The Morgan fingerprint density at radius 3 is 2.64 bits per heavy atom. The normalized spacial score (nSPS) is 11.3. The number of nitriles is 1. The van der Waals surface area contributed by atoms with Crippen LogP contribution in [0.3, 0.4) is 0 Å². The number of benzene rings is 2. The number of aromatic nitrogens is 3. The van der Waals surface area contributed by atoms with Gasteiger partial charge >= 0.3 is 12.1 Å². The Hall–Kier alpha value is -4.43. The second-order valence-electron chi connectivity index (χ2n) is 7.49. The van der Waals surface area contributed by atoms with E-state index in [2.05, 4.69) is 9.97 Å². The number of ether oxygens (including phenoxy) is 1. The lowest BCUT2D eigenvalue weighted by Crippen LogP contribution is -2.24. The number of carboxylic acids is 1.